The molecule has 0 aliphatic carbocycles. The van der Waals surface area contributed by atoms with Crippen LogP contribution in [0.15, 0.2) is 174 Å². The van der Waals surface area contributed by atoms with Crippen LogP contribution in [0, 0.1) is 0 Å². The van der Waals surface area contributed by atoms with Gasteiger partial charge in [-0.15, -0.1) is 34.0 Å². The highest BCUT2D eigenvalue weighted by Crippen LogP contribution is 2.45. The number of furan rings is 1. The molecule has 4 heterocycles. The summed E-state index contributed by atoms with van der Waals surface area (Å²) in [7, 11) is 0. The molecule has 55 heavy (non-hydrogen) atoms. The number of anilines is 3. The van der Waals surface area contributed by atoms with Crippen molar-refractivity contribution in [3.63, 3.8) is 0 Å². The summed E-state index contributed by atoms with van der Waals surface area (Å²) in [5, 5.41) is 8.48. The molecule has 0 aliphatic heterocycles. The summed E-state index contributed by atoms with van der Waals surface area (Å²) in [6, 6.07) is 61.2. The van der Waals surface area contributed by atoms with Crippen molar-refractivity contribution in [2.75, 3.05) is 4.90 Å². The Morgan fingerprint density at radius 3 is 1.98 bits per heavy atom. The molecule has 0 fully saturated rings. The molecule has 6 heteroatoms. The summed E-state index contributed by atoms with van der Waals surface area (Å²) in [6.45, 7) is 0. The van der Waals surface area contributed by atoms with Gasteiger partial charge in [-0.25, -0.2) is 4.98 Å². The zero-order valence-corrected chi connectivity index (χ0v) is 31.6. The number of para-hydroxylation sites is 1. The van der Waals surface area contributed by atoms with Gasteiger partial charge >= 0.3 is 0 Å². The first-order chi connectivity index (χ1) is 27.2. The molecule has 0 aliphatic rings. The van der Waals surface area contributed by atoms with E-state index in [2.05, 4.69) is 163 Å². The number of thiazole rings is 1. The number of hydrogen-bond donors (Lipinski definition) is 0. The van der Waals surface area contributed by atoms with Crippen LogP contribution in [0.4, 0.5) is 17.1 Å². The fourth-order valence-corrected chi connectivity index (χ4v) is 11.5. The predicted molar refractivity (Wildman–Crippen MR) is 238 cm³/mol. The van der Waals surface area contributed by atoms with Gasteiger partial charge in [0.05, 0.1) is 10.2 Å². The normalized spacial score (nSPS) is 12.0. The minimum absolute atomic E-state index is 0.880. The Morgan fingerprint density at radius 2 is 1.07 bits per heavy atom. The first-order valence-corrected chi connectivity index (χ1v) is 20.7. The number of aromatic nitrogens is 1. The van der Waals surface area contributed by atoms with E-state index in [4.69, 9.17) is 9.40 Å². The second kappa shape index (κ2) is 12.1. The van der Waals surface area contributed by atoms with Gasteiger partial charge in [-0.3, -0.25) is 0 Å². The summed E-state index contributed by atoms with van der Waals surface area (Å²) >= 11 is 5.49. The topological polar surface area (TPSA) is 29.3 Å². The minimum Gasteiger partial charge on any atom is -0.456 e. The third kappa shape index (κ3) is 4.96. The van der Waals surface area contributed by atoms with Crippen LogP contribution in [-0.2, 0) is 0 Å². The van der Waals surface area contributed by atoms with Gasteiger partial charge in [-0.1, -0.05) is 91.0 Å². The monoisotopic (exact) mass is 756 g/mol. The Balaban J connectivity index is 0.961. The van der Waals surface area contributed by atoms with Crippen molar-refractivity contribution in [2.24, 2.45) is 0 Å². The minimum atomic E-state index is 0.880. The number of thiophene rings is 2. The summed E-state index contributed by atoms with van der Waals surface area (Å²) < 4.78 is 12.8. The van der Waals surface area contributed by atoms with Crippen molar-refractivity contribution < 1.29 is 4.42 Å². The van der Waals surface area contributed by atoms with Gasteiger partial charge in [-0.05, 0) is 83.9 Å². The zero-order chi connectivity index (χ0) is 36.0. The van der Waals surface area contributed by atoms with Crippen molar-refractivity contribution in [1.29, 1.82) is 0 Å². The molecule has 0 spiro atoms. The molecule has 0 radical (unpaired) electrons. The van der Waals surface area contributed by atoms with Gasteiger partial charge in [0.25, 0.3) is 0 Å². The molecule has 0 saturated carbocycles. The van der Waals surface area contributed by atoms with Crippen LogP contribution < -0.4 is 4.90 Å². The summed E-state index contributed by atoms with van der Waals surface area (Å²) in [6.07, 6.45) is 0. The van der Waals surface area contributed by atoms with Crippen LogP contribution in [0.5, 0.6) is 0 Å². The lowest BCUT2D eigenvalue weighted by molar-refractivity contribution is 0.669. The quantitative estimate of drug-likeness (QED) is 0.175. The van der Waals surface area contributed by atoms with E-state index in [1.165, 1.54) is 56.2 Å². The number of hydrogen-bond acceptors (Lipinski definition) is 6. The second-order valence-electron chi connectivity index (χ2n) is 13.9. The summed E-state index contributed by atoms with van der Waals surface area (Å²) in [5.74, 6) is 0. The highest BCUT2D eigenvalue weighted by molar-refractivity contribution is 7.28. The van der Waals surface area contributed by atoms with E-state index in [1.807, 2.05) is 34.8 Å². The largest absolute Gasteiger partial charge is 0.456 e. The van der Waals surface area contributed by atoms with E-state index in [0.717, 1.165) is 55.1 Å². The zero-order valence-electron chi connectivity index (χ0n) is 29.2. The number of rotatable bonds is 5. The molecule has 0 N–H and O–H groups in total. The van der Waals surface area contributed by atoms with Crippen molar-refractivity contribution in [2.45, 2.75) is 0 Å². The van der Waals surface area contributed by atoms with Crippen LogP contribution in [-0.4, -0.2) is 4.98 Å². The maximum Gasteiger partial charge on any atom is 0.137 e. The molecule has 0 amide bonds. The van der Waals surface area contributed by atoms with E-state index in [-0.39, 0.29) is 0 Å². The van der Waals surface area contributed by atoms with Gasteiger partial charge in [0.2, 0.25) is 0 Å². The number of nitrogens with zero attached hydrogens (tertiary/aromatic N) is 2. The average molecular weight is 757 g/mol. The maximum absolute atomic E-state index is 6.38. The molecule has 0 unspecified atom stereocenters. The Labute approximate surface area is 327 Å². The fraction of sp³-hybridized carbons (Fsp3) is 0. The van der Waals surface area contributed by atoms with Gasteiger partial charge in [-0.2, -0.15) is 0 Å². The SMILES string of the molecule is c1ccc(-c2nc3ccc4sc5cc(-c6ccc(N(c7ccc8c(c7)oc7ccccc78)c7ccc8sc9ccccc9c8c7)cc6)ccc5c4c3s2)cc1. The molecule has 4 aromatic heterocycles. The van der Waals surface area contributed by atoms with Gasteiger partial charge in [0.1, 0.15) is 16.2 Å². The first kappa shape index (κ1) is 31.1. The molecule has 258 valence electrons. The lowest BCUT2D eigenvalue weighted by Gasteiger charge is -2.26. The Bertz CT molecular complexity index is 3440. The molecule has 0 bridgehead atoms. The predicted octanol–water partition coefficient (Wildman–Crippen LogP) is 15.7. The highest BCUT2D eigenvalue weighted by Gasteiger charge is 2.19. The van der Waals surface area contributed by atoms with Gasteiger partial charge in [0, 0.05) is 79.8 Å². The Morgan fingerprint density at radius 1 is 0.400 bits per heavy atom. The van der Waals surface area contributed by atoms with Crippen molar-refractivity contribution in [3.8, 4) is 21.7 Å². The smallest absolute Gasteiger partial charge is 0.137 e. The molecule has 12 rings (SSSR count). The van der Waals surface area contributed by atoms with Gasteiger partial charge in [0.15, 0.2) is 0 Å². The summed E-state index contributed by atoms with van der Waals surface area (Å²) in [5.41, 5.74) is 9.64. The van der Waals surface area contributed by atoms with Gasteiger partial charge < -0.3 is 9.32 Å². The van der Waals surface area contributed by atoms with E-state index in [0.29, 0.717) is 0 Å². The molecule has 12 aromatic rings. The van der Waals surface area contributed by atoms with Crippen molar-refractivity contribution in [1.82, 2.24) is 4.98 Å². The van der Waals surface area contributed by atoms with E-state index >= 15 is 0 Å². The maximum atomic E-state index is 6.38. The second-order valence-corrected chi connectivity index (χ2v) is 17.1. The molecule has 8 aromatic carbocycles. The van der Waals surface area contributed by atoms with E-state index in [9.17, 15) is 0 Å². The van der Waals surface area contributed by atoms with Crippen LogP contribution in [0.1, 0.15) is 0 Å². The van der Waals surface area contributed by atoms with Crippen LogP contribution in [0.3, 0.4) is 0 Å². The fourth-order valence-electron chi connectivity index (χ4n) is 8.09. The molecule has 3 nitrogen and oxygen atoms in total. The van der Waals surface area contributed by atoms with Crippen molar-refractivity contribution in [3.05, 3.63) is 170 Å². The van der Waals surface area contributed by atoms with E-state index in [1.54, 1.807) is 11.3 Å². The molecule has 0 saturated heterocycles. The third-order valence-corrected chi connectivity index (χ3v) is 14.1. The van der Waals surface area contributed by atoms with Crippen LogP contribution in [0.2, 0.25) is 0 Å². The number of benzene rings is 8. The average Bonchev–Trinajstić information content (AvgIpc) is 4.02. The lowest BCUT2D eigenvalue weighted by Crippen LogP contribution is -2.09. The molecule has 0 atom stereocenters. The third-order valence-electron chi connectivity index (χ3n) is 10.7. The summed E-state index contributed by atoms with van der Waals surface area (Å²) in [4.78, 5) is 7.36. The number of fused-ring (bicyclic) bond motifs is 11. The Kier molecular flexibility index (Phi) is 6.84. The lowest BCUT2D eigenvalue weighted by atomic mass is 10.0. The highest BCUT2D eigenvalue weighted by atomic mass is 32.1. The van der Waals surface area contributed by atoms with Crippen LogP contribution >= 0.6 is 34.0 Å². The standard InChI is InChI=1S/C49H28N2OS3/c1-2-8-30(9-3-1)49-50-40-23-25-45-47(48(40)55-49)38-21-16-31(26-46(38)54-45)29-14-17-32(18-15-29)51(33-20-24-44-39(27-33)37-11-5-7-13-43(37)53-44)34-19-22-36-35-10-4-6-12-41(35)52-42(36)28-34/h1-28H. The van der Waals surface area contributed by atoms with Crippen LogP contribution in [0.25, 0.3) is 94.2 Å². The molecular weight excluding hydrogens is 729 g/mol. The van der Waals surface area contributed by atoms with E-state index < -0.39 is 0 Å². The molecular formula is C49H28N2OS3. The Hall–Kier alpha value is -6.31. The van der Waals surface area contributed by atoms with Crippen molar-refractivity contribution >= 4 is 124 Å². The first-order valence-electron chi connectivity index (χ1n) is 18.3.